The second-order valence-electron chi connectivity index (χ2n) is 7.49. The van der Waals surface area contributed by atoms with E-state index in [-0.39, 0.29) is 30.1 Å². The summed E-state index contributed by atoms with van der Waals surface area (Å²) in [6.07, 6.45) is -3.70. The molecule has 3 heterocycles. The highest BCUT2D eigenvalue weighted by atomic mass is 19.4. The second-order valence-corrected chi connectivity index (χ2v) is 7.49. The number of imidazole rings is 1. The Labute approximate surface area is 173 Å². The molecule has 1 saturated heterocycles. The van der Waals surface area contributed by atoms with E-state index in [1.807, 2.05) is 0 Å². The third kappa shape index (κ3) is 3.60. The van der Waals surface area contributed by atoms with Gasteiger partial charge in [0, 0.05) is 5.56 Å². The van der Waals surface area contributed by atoms with Gasteiger partial charge in [0.2, 0.25) is 0 Å². The number of benzene rings is 1. The summed E-state index contributed by atoms with van der Waals surface area (Å²) in [5.74, 6) is -1.88. The molecule has 1 fully saturated rings. The number of amides is 1. The maximum atomic E-state index is 13.7. The first-order valence-corrected chi connectivity index (χ1v) is 9.21. The molecule has 162 valence electrons. The lowest BCUT2D eigenvalue weighted by Crippen LogP contribution is -2.58. The third-order valence-electron chi connectivity index (χ3n) is 5.06. The van der Waals surface area contributed by atoms with Crippen LogP contribution >= 0.6 is 0 Å². The first-order valence-electron chi connectivity index (χ1n) is 9.21. The highest BCUT2D eigenvalue weighted by Crippen LogP contribution is 2.34. The summed E-state index contributed by atoms with van der Waals surface area (Å²) in [6.45, 7) is 3.01. The van der Waals surface area contributed by atoms with Gasteiger partial charge in [-0.15, -0.1) is 0 Å². The highest BCUT2D eigenvalue weighted by Gasteiger charge is 2.43. The number of cyclic esters (lactones) is 1. The van der Waals surface area contributed by atoms with E-state index >= 15 is 0 Å². The Morgan fingerprint density at radius 2 is 1.87 bits per heavy atom. The van der Waals surface area contributed by atoms with Crippen LogP contribution in [-0.4, -0.2) is 50.1 Å². The maximum absolute atomic E-state index is 13.7. The van der Waals surface area contributed by atoms with Crippen LogP contribution in [0.2, 0.25) is 0 Å². The fourth-order valence-electron chi connectivity index (χ4n) is 3.34. The van der Waals surface area contributed by atoms with Crippen molar-refractivity contribution in [2.75, 3.05) is 13.2 Å². The normalized spacial score (nSPS) is 16.5. The van der Waals surface area contributed by atoms with Gasteiger partial charge in [0.1, 0.15) is 29.2 Å². The zero-order chi connectivity index (χ0) is 22.6. The van der Waals surface area contributed by atoms with Crippen molar-refractivity contribution in [3.63, 3.8) is 0 Å². The van der Waals surface area contributed by atoms with E-state index in [9.17, 15) is 27.2 Å². The molecule has 4 rings (SSSR count). The van der Waals surface area contributed by atoms with Crippen molar-refractivity contribution in [2.45, 2.75) is 25.6 Å². The number of esters is 1. The van der Waals surface area contributed by atoms with Crippen LogP contribution < -0.4 is 0 Å². The fourth-order valence-corrected chi connectivity index (χ4v) is 3.34. The van der Waals surface area contributed by atoms with Gasteiger partial charge in [0.25, 0.3) is 5.91 Å². The van der Waals surface area contributed by atoms with Crippen LogP contribution in [0.1, 0.15) is 29.9 Å². The second kappa shape index (κ2) is 7.03. The number of carbonyl (C=O) groups is 2. The molecule has 1 amide bonds. The van der Waals surface area contributed by atoms with Crippen LogP contribution in [0.5, 0.6) is 0 Å². The van der Waals surface area contributed by atoms with Crippen molar-refractivity contribution in [3.05, 3.63) is 53.6 Å². The number of alkyl halides is 3. The van der Waals surface area contributed by atoms with Crippen molar-refractivity contribution in [1.82, 2.24) is 19.5 Å². The first kappa shape index (κ1) is 20.8. The van der Waals surface area contributed by atoms with Crippen LogP contribution in [0, 0.1) is 5.82 Å². The number of ether oxygens (including phenoxy) is 1. The summed E-state index contributed by atoms with van der Waals surface area (Å²) in [5.41, 5.74) is -3.06. The lowest BCUT2D eigenvalue weighted by Gasteiger charge is -2.39. The molecule has 0 aliphatic carbocycles. The number of rotatable bonds is 2. The van der Waals surface area contributed by atoms with Gasteiger partial charge in [0.05, 0.1) is 18.4 Å². The van der Waals surface area contributed by atoms with E-state index in [1.54, 1.807) is 0 Å². The molecule has 7 nitrogen and oxygen atoms in total. The summed E-state index contributed by atoms with van der Waals surface area (Å²) in [4.78, 5) is 30.1. The number of morpholine rings is 1. The van der Waals surface area contributed by atoms with Crippen molar-refractivity contribution in [2.24, 2.45) is 0 Å². The van der Waals surface area contributed by atoms with Gasteiger partial charge < -0.3 is 9.64 Å². The predicted octanol–water partition coefficient (Wildman–Crippen LogP) is 3.33. The first-order chi connectivity index (χ1) is 14.5. The molecule has 2 aromatic heterocycles. The number of hydrogen-bond donors (Lipinski definition) is 0. The van der Waals surface area contributed by atoms with Crippen molar-refractivity contribution >= 4 is 17.5 Å². The van der Waals surface area contributed by atoms with Crippen LogP contribution in [0.3, 0.4) is 0 Å². The van der Waals surface area contributed by atoms with Gasteiger partial charge in [-0.25, -0.2) is 18.7 Å². The fraction of sp³-hybridized carbons (Fsp3) is 0.300. The van der Waals surface area contributed by atoms with E-state index in [0.717, 1.165) is 28.9 Å². The van der Waals surface area contributed by atoms with Crippen LogP contribution in [-0.2, 0) is 15.7 Å². The molecule has 0 unspecified atom stereocenters. The minimum Gasteiger partial charge on any atom is -0.462 e. The topological polar surface area (TPSA) is 76.8 Å². The summed E-state index contributed by atoms with van der Waals surface area (Å²) in [5, 5.41) is 4.12. The molecule has 11 heteroatoms. The molecule has 31 heavy (non-hydrogen) atoms. The average molecular weight is 436 g/mol. The Balaban J connectivity index is 1.83. The molecular weight excluding hydrogens is 420 g/mol. The highest BCUT2D eigenvalue weighted by molar-refractivity contribution is 5.97. The van der Waals surface area contributed by atoms with Crippen molar-refractivity contribution in [3.8, 4) is 11.3 Å². The van der Waals surface area contributed by atoms with Crippen molar-refractivity contribution < 1.29 is 31.9 Å². The van der Waals surface area contributed by atoms with Gasteiger partial charge >= 0.3 is 12.1 Å². The van der Waals surface area contributed by atoms with Crippen LogP contribution in [0.4, 0.5) is 17.6 Å². The minimum absolute atomic E-state index is 0.0257. The third-order valence-corrected chi connectivity index (χ3v) is 5.06. The molecule has 3 aromatic rings. The number of carbonyl (C=O) groups excluding carboxylic acids is 2. The Kier molecular flexibility index (Phi) is 4.71. The molecule has 1 aliphatic rings. The molecule has 0 atom stereocenters. The zero-order valence-corrected chi connectivity index (χ0v) is 16.4. The summed E-state index contributed by atoms with van der Waals surface area (Å²) < 4.78 is 60.2. The smallest absolute Gasteiger partial charge is 0.420 e. The molecule has 0 N–H and O–H groups in total. The summed E-state index contributed by atoms with van der Waals surface area (Å²) in [7, 11) is 0. The Morgan fingerprint density at radius 3 is 2.52 bits per heavy atom. The molecule has 0 saturated carbocycles. The van der Waals surface area contributed by atoms with Crippen molar-refractivity contribution in [1.29, 1.82) is 0 Å². The molecule has 0 spiro atoms. The average Bonchev–Trinajstić information content (AvgIpc) is 3.12. The number of aromatic nitrogens is 3. The van der Waals surface area contributed by atoms with E-state index in [1.165, 1.54) is 30.9 Å². The number of nitrogens with zero attached hydrogens (tertiary/aromatic N) is 4. The van der Waals surface area contributed by atoms with Crippen LogP contribution in [0.25, 0.3) is 16.9 Å². The molecule has 0 radical (unpaired) electrons. The molecule has 1 aliphatic heterocycles. The van der Waals surface area contributed by atoms with Gasteiger partial charge in [0.15, 0.2) is 5.65 Å². The van der Waals surface area contributed by atoms with Crippen LogP contribution in [0.15, 0.2) is 36.5 Å². The molecular formula is C20H16F4N4O3. The maximum Gasteiger partial charge on any atom is 0.420 e. The number of halogens is 4. The Morgan fingerprint density at radius 1 is 1.19 bits per heavy atom. The lowest BCUT2D eigenvalue weighted by atomic mass is 10.0. The lowest BCUT2D eigenvalue weighted by molar-refractivity contribution is -0.162. The van der Waals surface area contributed by atoms with E-state index in [4.69, 9.17) is 4.74 Å². The minimum atomic E-state index is -4.78. The number of hydrogen-bond acceptors (Lipinski definition) is 5. The summed E-state index contributed by atoms with van der Waals surface area (Å²) >= 11 is 0. The van der Waals surface area contributed by atoms with Gasteiger partial charge in [-0.05, 0) is 44.2 Å². The van der Waals surface area contributed by atoms with E-state index in [2.05, 4.69) is 10.1 Å². The number of fused-ring (bicyclic) bond motifs is 1. The quantitative estimate of drug-likeness (QED) is 0.455. The van der Waals surface area contributed by atoms with Gasteiger partial charge in [-0.1, -0.05) is 0 Å². The standard InChI is InChI=1S/C20H16F4N4O3/c1-19(2)18(30)31-8-7-27(19)17(29)15-10-28-16(25-15)13(20(22,23)24)9-14(26-28)11-3-5-12(21)6-4-11/h3-6,9-10H,7-8H2,1-2H3. The van der Waals surface area contributed by atoms with Gasteiger partial charge in [-0.2, -0.15) is 18.3 Å². The summed E-state index contributed by atoms with van der Waals surface area (Å²) in [6, 6.07) is 5.61. The predicted molar refractivity (Wildman–Crippen MR) is 99.5 cm³/mol. The van der Waals surface area contributed by atoms with E-state index in [0.29, 0.717) is 0 Å². The molecule has 1 aromatic carbocycles. The Bertz CT molecular complexity index is 1190. The molecule has 0 bridgehead atoms. The van der Waals surface area contributed by atoms with E-state index < -0.39 is 40.6 Å². The SMILES string of the molecule is CC1(C)C(=O)OCCN1C(=O)c1cn2nc(-c3ccc(F)cc3)cc(C(F)(F)F)c2n1. The largest absolute Gasteiger partial charge is 0.462 e. The zero-order valence-electron chi connectivity index (χ0n) is 16.4. The monoisotopic (exact) mass is 436 g/mol. The Hall–Kier alpha value is -3.50. The van der Waals surface area contributed by atoms with Gasteiger partial charge in [-0.3, -0.25) is 4.79 Å².